The predicted molar refractivity (Wildman–Crippen MR) is 75.0 cm³/mol. The van der Waals surface area contributed by atoms with E-state index < -0.39 is 0 Å². The molecule has 2 rings (SSSR count). The van der Waals surface area contributed by atoms with Gasteiger partial charge in [-0.05, 0) is 55.3 Å². The van der Waals surface area contributed by atoms with Crippen LogP contribution in [0.25, 0.3) is 0 Å². The van der Waals surface area contributed by atoms with E-state index in [2.05, 4.69) is 15.0 Å². The van der Waals surface area contributed by atoms with Crippen LogP contribution < -0.4 is 0 Å². The Bertz CT molecular complexity index is 530. The summed E-state index contributed by atoms with van der Waals surface area (Å²) < 4.78 is 0. The van der Waals surface area contributed by atoms with Crippen molar-refractivity contribution in [2.24, 2.45) is 31.7 Å². The van der Waals surface area contributed by atoms with Gasteiger partial charge in [-0.15, -0.1) is 0 Å². The molecule has 0 heterocycles. The second-order valence-corrected chi connectivity index (χ2v) is 6.27. The summed E-state index contributed by atoms with van der Waals surface area (Å²) in [4.78, 5) is 42.5. The van der Waals surface area contributed by atoms with Crippen molar-refractivity contribution in [1.29, 1.82) is 0 Å². The minimum atomic E-state index is -0.133. The van der Waals surface area contributed by atoms with Gasteiger partial charge in [-0.1, -0.05) is 0 Å². The van der Waals surface area contributed by atoms with E-state index in [0.29, 0.717) is 25.6 Å². The maximum Gasteiger partial charge on any atom is 0.234 e. The van der Waals surface area contributed by atoms with E-state index >= 15 is 0 Å². The summed E-state index contributed by atoms with van der Waals surface area (Å²) in [6.45, 7) is 1.32. The van der Waals surface area contributed by atoms with Gasteiger partial charge in [0.2, 0.25) is 18.2 Å². The van der Waals surface area contributed by atoms with Crippen LogP contribution >= 0.6 is 0 Å². The smallest absolute Gasteiger partial charge is 0.211 e. The fourth-order valence-corrected chi connectivity index (χ4v) is 4.56. The van der Waals surface area contributed by atoms with Crippen molar-refractivity contribution in [2.75, 3.05) is 19.6 Å². The molecule has 0 saturated heterocycles. The second-order valence-electron chi connectivity index (χ2n) is 6.27. The summed E-state index contributed by atoms with van der Waals surface area (Å²) >= 11 is 0. The highest BCUT2D eigenvalue weighted by Crippen LogP contribution is 2.66. The summed E-state index contributed by atoms with van der Waals surface area (Å²) in [6.07, 6.45) is 10.6. The lowest BCUT2D eigenvalue weighted by atomic mass is 9.60. The maximum absolute atomic E-state index is 10.6. The number of hydrogen-bond donors (Lipinski definition) is 0. The van der Waals surface area contributed by atoms with Crippen LogP contribution in [-0.2, 0) is 14.4 Å². The van der Waals surface area contributed by atoms with Crippen LogP contribution in [0, 0.1) is 16.7 Å². The minimum absolute atomic E-state index is 0.0691. The number of isocyanates is 3. The third kappa shape index (κ3) is 2.93. The molecule has 0 amide bonds. The molecule has 2 aliphatic carbocycles. The van der Waals surface area contributed by atoms with Gasteiger partial charge in [0, 0.05) is 0 Å². The number of hydrogen-bond acceptors (Lipinski definition) is 6. The Morgan fingerprint density at radius 3 is 2.33 bits per heavy atom. The molecule has 21 heavy (non-hydrogen) atoms. The molecule has 0 spiro atoms. The van der Waals surface area contributed by atoms with Crippen molar-refractivity contribution >= 4 is 18.2 Å². The van der Waals surface area contributed by atoms with E-state index in [1.807, 2.05) is 0 Å². The Labute approximate surface area is 123 Å². The van der Waals surface area contributed by atoms with Crippen LogP contribution in [0.15, 0.2) is 15.0 Å². The third-order valence-corrected chi connectivity index (χ3v) is 5.40. The molecule has 0 N–H and O–H groups in total. The molecule has 3 unspecified atom stereocenters. The van der Waals surface area contributed by atoms with Gasteiger partial charge in [0.15, 0.2) is 0 Å². The molecule has 0 aromatic heterocycles. The molecule has 112 valence electrons. The standard InChI is InChI=1S/C15H19N3O3/c19-10-16-5-1-3-14(8-17-11-20)6-13-2-4-15(14,7-13)9-18-12-21/h13H,1-9H2. The summed E-state index contributed by atoms with van der Waals surface area (Å²) in [5.74, 6) is 0.614. The molecular weight excluding hydrogens is 270 g/mol. The zero-order chi connectivity index (χ0) is 15.2. The number of nitrogens with zero attached hydrogens (tertiary/aromatic N) is 3. The van der Waals surface area contributed by atoms with E-state index in [0.717, 1.165) is 38.5 Å². The Hall–Kier alpha value is -1.86. The maximum atomic E-state index is 10.6. The van der Waals surface area contributed by atoms with Crippen LogP contribution in [-0.4, -0.2) is 37.9 Å². The van der Waals surface area contributed by atoms with Gasteiger partial charge < -0.3 is 0 Å². The number of fused-ring (bicyclic) bond motifs is 2. The van der Waals surface area contributed by atoms with E-state index in [1.165, 1.54) is 0 Å². The van der Waals surface area contributed by atoms with Crippen LogP contribution in [0.5, 0.6) is 0 Å². The van der Waals surface area contributed by atoms with Crippen molar-refractivity contribution in [3.8, 4) is 0 Å². The van der Waals surface area contributed by atoms with Gasteiger partial charge in [0.05, 0.1) is 19.6 Å². The third-order valence-electron chi connectivity index (χ3n) is 5.40. The van der Waals surface area contributed by atoms with Gasteiger partial charge >= 0.3 is 0 Å². The molecule has 0 aromatic carbocycles. The van der Waals surface area contributed by atoms with E-state index in [1.54, 1.807) is 18.2 Å². The highest BCUT2D eigenvalue weighted by Gasteiger charge is 2.60. The number of aliphatic imine (C=N–C) groups is 3. The van der Waals surface area contributed by atoms with Crippen LogP contribution in [0.4, 0.5) is 0 Å². The zero-order valence-electron chi connectivity index (χ0n) is 12.0. The quantitative estimate of drug-likeness (QED) is 0.388. The number of rotatable bonds is 8. The first-order valence-corrected chi connectivity index (χ1v) is 7.33. The Balaban J connectivity index is 2.22. The summed E-state index contributed by atoms with van der Waals surface area (Å²) in [7, 11) is 0. The molecule has 0 aromatic rings. The molecule has 6 heteroatoms. The average Bonchev–Trinajstić information content (AvgIpc) is 3.04. The normalized spacial score (nSPS) is 32.9. The van der Waals surface area contributed by atoms with Crippen molar-refractivity contribution in [3.63, 3.8) is 0 Å². The first-order valence-electron chi connectivity index (χ1n) is 7.33. The predicted octanol–water partition coefficient (Wildman–Crippen LogP) is 1.95. The van der Waals surface area contributed by atoms with Gasteiger partial charge in [-0.25, -0.2) is 29.4 Å². The topological polar surface area (TPSA) is 88.3 Å². The highest BCUT2D eigenvalue weighted by molar-refractivity contribution is 5.34. The van der Waals surface area contributed by atoms with Crippen LogP contribution in [0.1, 0.15) is 38.5 Å². The Kier molecular flexibility index (Phi) is 4.98. The molecule has 0 aliphatic heterocycles. The lowest BCUT2D eigenvalue weighted by molar-refractivity contribution is 0.0580. The summed E-state index contributed by atoms with van der Waals surface area (Å²) in [6, 6.07) is 0. The molecule has 2 aliphatic rings. The Morgan fingerprint density at radius 1 is 0.952 bits per heavy atom. The lowest BCUT2D eigenvalue weighted by Gasteiger charge is -2.45. The SMILES string of the molecule is O=C=NCCCC1(CN=C=O)CC2CCC1(CN=C=O)C2. The van der Waals surface area contributed by atoms with Crippen LogP contribution in [0.3, 0.4) is 0 Å². The van der Waals surface area contributed by atoms with Gasteiger partial charge in [-0.3, -0.25) is 0 Å². The summed E-state index contributed by atoms with van der Waals surface area (Å²) in [5.41, 5.74) is -0.202. The number of carbonyl (C=O) groups excluding carboxylic acids is 3. The first kappa shape index (κ1) is 15.5. The van der Waals surface area contributed by atoms with E-state index in [4.69, 9.17) is 0 Å². The van der Waals surface area contributed by atoms with E-state index in [9.17, 15) is 14.4 Å². The van der Waals surface area contributed by atoms with Crippen molar-refractivity contribution in [2.45, 2.75) is 38.5 Å². The first-order chi connectivity index (χ1) is 10.2. The highest BCUT2D eigenvalue weighted by atomic mass is 16.1. The monoisotopic (exact) mass is 289 g/mol. The van der Waals surface area contributed by atoms with Crippen molar-refractivity contribution < 1.29 is 14.4 Å². The molecule has 6 nitrogen and oxygen atoms in total. The Morgan fingerprint density at radius 2 is 1.67 bits per heavy atom. The van der Waals surface area contributed by atoms with Crippen LogP contribution in [0.2, 0.25) is 0 Å². The van der Waals surface area contributed by atoms with Gasteiger partial charge in [-0.2, -0.15) is 0 Å². The van der Waals surface area contributed by atoms with Crippen molar-refractivity contribution in [1.82, 2.24) is 0 Å². The molecule has 2 bridgehead atoms. The van der Waals surface area contributed by atoms with Gasteiger partial charge in [0.25, 0.3) is 0 Å². The largest absolute Gasteiger partial charge is 0.234 e. The zero-order valence-corrected chi connectivity index (χ0v) is 12.0. The van der Waals surface area contributed by atoms with Crippen molar-refractivity contribution in [3.05, 3.63) is 0 Å². The minimum Gasteiger partial charge on any atom is -0.211 e. The fraction of sp³-hybridized carbons (Fsp3) is 0.800. The average molecular weight is 289 g/mol. The lowest BCUT2D eigenvalue weighted by Crippen LogP contribution is -2.43. The molecule has 2 fully saturated rings. The molecule has 3 atom stereocenters. The molecular formula is C15H19N3O3. The second kappa shape index (κ2) is 6.73. The van der Waals surface area contributed by atoms with E-state index in [-0.39, 0.29) is 10.8 Å². The summed E-state index contributed by atoms with van der Waals surface area (Å²) in [5, 5.41) is 0. The molecule has 2 saturated carbocycles. The fourth-order valence-electron chi connectivity index (χ4n) is 4.56. The van der Waals surface area contributed by atoms with Gasteiger partial charge in [0.1, 0.15) is 0 Å². The molecule has 0 radical (unpaired) electrons.